The fraction of sp³-hybridized carbons (Fsp3) is 0.833. The summed E-state index contributed by atoms with van der Waals surface area (Å²) < 4.78 is 4.56. The molecule has 1 N–H and O–H groups in total. The number of carbonyl (C=O) groups excluding carboxylic acids is 1. The van der Waals surface area contributed by atoms with E-state index in [0.29, 0.717) is 6.61 Å². The van der Waals surface area contributed by atoms with Crippen molar-refractivity contribution in [3.05, 3.63) is 0 Å². The van der Waals surface area contributed by atoms with E-state index in [1.54, 1.807) is 0 Å². The zero-order chi connectivity index (χ0) is 7.28. The summed E-state index contributed by atoms with van der Waals surface area (Å²) in [6.07, 6.45) is -0.199. The minimum atomic E-state index is -0.989. The second kappa shape index (κ2) is 7.25. The average molecular weight is 180 g/mol. The van der Waals surface area contributed by atoms with E-state index in [-0.39, 0.29) is 21.7 Å². The molecule has 0 amide bonds. The van der Waals surface area contributed by atoms with Gasteiger partial charge in [0.15, 0.2) is 0 Å². The van der Waals surface area contributed by atoms with Crippen LogP contribution in [0.2, 0.25) is 0 Å². The van der Waals surface area contributed by atoms with Crippen LogP contribution in [0.3, 0.4) is 0 Å². The summed E-state index contributed by atoms with van der Waals surface area (Å²) in [7, 11) is 0. The Kier molecular flexibility index (Phi) is 9.28. The molecule has 0 radical (unpaired) electrons. The third-order valence-electron chi connectivity index (χ3n) is 0.790. The molecule has 58 valence electrons. The predicted molar refractivity (Wildman–Crippen MR) is 32.9 cm³/mol. The molecule has 0 saturated carbocycles. The molecule has 0 spiro atoms. The Labute approximate surface area is 75.6 Å². The molecule has 1 unspecified atom stereocenters. The number of hydrogen-bond donors (Lipinski definition) is 1. The van der Waals surface area contributed by atoms with Crippen molar-refractivity contribution < 1.29 is 36.4 Å². The van der Waals surface area contributed by atoms with Crippen molar-refractivity contribution in [3.63, 3.8) is 0 Å². The Morgan fingerprint density at radius 3 is 2.50 bits per heavy atom. The van der Waals surface area contributed by atoms with Crippen molar-refractivity contribution in [1.82, 2.24) is 0 Å². The summed E-state index contributed by atoms with van der Waals surface area (Å²) in [6.45, 7) is 3.68. The van der Waals surface area contributed by atoms with Gasteiger partial charge in [-0.25, -0.2) is 4.79 Å². The average Bonchev–Trinajstić information content (AvgIpc) is 1.82. The number of aliphatic hydroxyl groups is 1. The molecule has 0 saturated heterocycles. The second-order valence-corrected chi connectivity index (χ2v) is 1.84. The zero-order valence-electron chi connectivity index (χ0n) is 6.26. The molecular formula is C6H12O3Ti. The largest absolute Gasteiger partial charge is 0.464 e. The summed E-state index contributed by atoms with van der Waals surface area (Å²) in [4.78, 5) is 10.4. The third kappa shape index (κ3) is 6.27. The Hall–Kier alpha value is 0.144. The number of rotatable bonds is 3. The van der Waals surface area contributed by atoms with Gasteiger partial charge in [-0.05, 0) is 13.3 Å². The molecule has 0 aromatic heterocycles. The van der Waals surface area contributed by atoms with Gasteiger partial charge in [0.1, 0.15) is 6.10 Å². The van der Waals surface area contributed by atoms with Crippen LogP contribution in [0.5, 0.6) is 0 Å². The molecule has 4 heteroatoms. The van der Waals surface area contributed by atoms with E-state index in [1.807, 2.05) is 6.92 Å². The maximum atomic E-state index is 10.4. The maximum absolute atomic E-state index is 10.4. The topological polar surface area (TPSA) is 46.5 Å². The standard InChI is InChI=1S/C6H12O3.Ti/c1-3-4-9-6(8)5(2)7;/h5,7H,3-4H2,1-2H3;. The van der Waals surface area contributed by atoms with E-state index in [2.05, 4.69) is 4.74 Å². The van der Waals surface area contributed by atoms with Gasteiger partial charge in [0.05, 0.1) is 6.61 Å². The van der Waals surface area contributed by atoms with Gasteiger partial charge >= 0.3 is 5.97 Å². The first kappa shape index (κ1) is 12.8. The number of esters is 1. The first-order valence-electron chi connectivity index (χ1n) is 3.03. The van der Waals surface area contributed by atoms with Crippen LogP contribution in [0.25, 0.3) is 0 Å². The molecular weight excluding hydrogens is 168 g/mol. The van der Waals surface area contributed by atoms with Crippen LogP contribution in [-0.2, 0) is 31.2 Å². The zero-order valence-corrected chi connectivity index (χ0v) is 7.82. The SMILES string of the molecule is CCCOC(=O)C(C)O.[Ti]. The Morgan fingerprint density at radius 1 is 1.70 bits per heavy atom. The summed E-state index contributed by atoms with van der Waals surface area (Å²) in [5, 5.41) is 8.57. The Bertz CT molecular complexity index is 93.0. The van der Waals surface area contributed by atoms with Crippen LogP contribution in [-0.4, -0.2) is 23.8 Å². The summed E-state index contributed by atoms with van der Waals surface area (Å²) in [6, 6.07) is 0. The molecule has 0 aromatic carbocycles. The fourth-order valence-corrected chi connectivity index (χ4v) is 0.323. The molecule has 0 heterocycles. The smallest absolute Gasteiger partial charge is 0.334 e. The normalized spacial score (nSPS) is 11.5. The van der Waals surface area contributed by atoms with E-state index >= 15 is 0 Å². The summed E-state index contributed by atoms with van der Waals surface area (Å²) in [5.74, 6) is -0.545. The molecule has 3 nitrogen and oxygen atoms in total. The van der Waals surface area contributed by atoms with Crippen LogP contribution in [0, 0.1) is 0 Å². The van der Waals surface area contributed by atoms with E-state index < -0.39 is 12.1 Å². The van der Waals surface area contributed by atoms with Crippen LogP contribution in [0.1, 0.15) is 20.3 Å². The fourth-order valence-electron chi connectivity index (χ4n) is 0.323. The first-order valence-corrected chi connectivity index (χ1v) is 3.03. The van der Waals surface area contributed by atoms with Crippen molar-refractivity contribution >= 4 is 5.97 Å². The van der Waals surface area contributed by atoms with Gasteiger partial charge in [0.25, 0.3) is 0 Å². The van der Waals surface area contributed by atoms with Crippen molar-refractivity contribution in [2.45, 2.75) is 26.4 Å². The van der Waals surface area contributed by atoms with Crippen LogP contribution >= 0.6 is 0 Å². The van der Waals surface area contributed by atoms with Gasteiger partial charge in [-0.2, -0.15) is 0 Å². The third-order valence-corrected chi connectivity index (χ3v) is 0.790. The molecule has 0 aliphatic carbocycles. The number of ether oxygens (including phenoxy) is 1. The Balaban J connectivity index is 0. The van der Waals surface area contributed by atoms with Gasteiger partial charge in [-0.1, -0.05) is 6.92 Å². The number of aliphatic hydroxyl groups excluding tert-OH is 1. The molecule has 0 aromatic rings. The van der Waals surface area contributed by atoms with Gasteiger partial charge in [-0.15, -0.1) is 0 Å². The molecule has 0 aliphatic heterocycles. The van der Waals surface area contributed by atoms with Crippen LogP contribution in [0.15, 0.2) is 0 Å². The number of hydrogen-bond acceptors (Lipinski definition) is 3. The number of carbonyl (C=O) groups is 1. The van der Waals surface area contributed by atoms with Gasteiger partial charge in [-0.3, -0.25) is 0 Å². The van der Waals surface area contributed by atoms with Crippen molar-refractivity contribution in [2.24, 2.45) is 0 Å². The maximum Gasteiger partial charge on any atom is 0.334 e. The second-order valence-electron chi connectivity index (χ2n) is 1.84. The van der Waals surface area contributed by atoms with E-state index in [9.17, 15) is 4.79 Å². The van der Waals surface area contributed by atoms with Crippen LogP contribution in [0.4, 0.5) is 0 Å². The van der Waals surface area contributed by atoms with Crippen molar-refractivity contribution in [2.75, 3.05) is 6.61 Å². The van der Waals surface area contributed by atoms with E-state index in [1.165, 1.54) is 6.92 Å². The molecule has 0 fully saturated rings. The minimum absolute atomic E-state index is 0. The monoisotopic (exact) mass is 180 g/mol. The quantitative estimate of drug-likeness (QED) is 0.502. The van der Waals surface area contributed by atoms with E-state index in [4.69, 9.17) is 5.11 Å². The first-order chi connectivity index (χ1) is 4.18. The Morgan fingerprint density at radius 2 is 2.20 bits per heavy atom. The molecule has 0 rings (SSSR count). The predicted octanol–water partition coefficient (Wildman–Crippen LogP) is 0.318. The van der Waals surface area contributed by atoms with Crippen molar-refractivity contribution in [1.29, 1.82) is 0 Å². The summed E-state index contributed by atoms with van der Waals surface area (Å²) >= 11 is 0. The molecule has 0 bridgehead atoms. The van der Waals surface area contributed by atoms with Gasteiger partial charge in [0.2, 0.25) is 0 Å². The molecule has 0 aliphatic rings. The van der Waals surface area contributed by atoms with Crippen LogP contribution < -0.4 is 0 Å². The van der Waals surface area contributed by atoms with Crippen molar-refractivity contribution in [3.8, 4) is 0 Å². The van der Waals surface area contributed by atoms with E-state index in [0.717, 1.165) is 6.42 Å². The van der Waals surface area contributed by atoms with Gasteiger partial charge < -0.3 is 9.84 Å². The summed E-state index contributed by atoms with van der Waals surface area (Å²) in [5.41, 5.74) is 0. The molecule has 1 atom stereocenters. The minimum Gasteiger partial charge on any atom is -0.464 e. The van der Waals surface area contributed by atoms with Gasteiger partial charge in [0, 0.05) is 21.7 Å². The molecule has 10 heavy (non-hydrogen) atoms.